The van der Waals surface area contributed by atoms with Gasteiger partial charge in [0.25, 0.3) is 0 Å². The number of halogens is 1. The molecular formula is C11H12ClN3O. The SMILES string of the molecule is CC[C@@H](N)C(=O)Nc1cc(C#N)ccc1Cl. The molecule has 0 aliphatic heterocycles. The van der Waals surface area contributed by atoms with Crippen LogP contribution in [-0.2, 0) is 4.79 Å². The van der Waals surface area contributed by atoms with Crippen LogP contribution in [0.1, 0.15) is 18.9 Å². The Morgan fingerprint density at radius 2 is 2.38 bits per heavy atom. The molecule has 0 bridgehead atoms. The van der Waals surface area contributed by atoms with E-state index in [-0.39, 0.29) is 5.91 Å². The minimum absolute atomic E-state index is 0.306. The number of nitrogens with two attached hydrogens (primary N) is 1. The van der Waals surface area contributed by atoms with Gasteiger partial charge in [0.15, 0.2) is 0 Å². The van der Waals surface area contributed by atoms with Crippen LogP contribution in [0.15, 0.2) is 18.2 Å². The Morgan fingerprint density at radius 1 is 1.69 bits per heavy atom. The van der Waals surface area contributed by atoms with Crippen molar-refractivity contribution in [3.05, 3.63) is 28.8 Å². The molecule has 0 aliphatic carbocycles. The van der Waals surface area contributed by atoms with Crippen molar-refractivity contribution in [2.45, 2.75) is 19.4 Å². The third-order valence-corrected chi connectivity index (χ3v) is 2.46. The molecule has 0 saturated heterocycles. The molecule has 0 spiro atoms. The first kappa shape index (κ1) is 12.5. The average Bonchev–Trinajstić information content (AvgIpc) is 2.30. The fourth-order valence-electron chi connectivity index (χ4n) is 1.10. The van der Waals surface area contributed by atoms with Gasteiger partial charge >= 0.3 is 0 Å². The lowest BCUT2D eigenvalue weighted by Gasteiger charge is -2.11. The van der Waals surface area contributed by atoms with Gasteiger partial charge in [-0.15, -0.1) is 0 Å². The molecule has 0 heterocycles. The molecule has 0 saturated carbocycles. The molecule has 1 atom stereocenters. The Hall–Kier alpha value is -1.57. The molecule has 84 valence electrons. The van der Waals surface area contributed by atoms with Crippen molar-refractivity contribution in [2.75, 3.05) is 5.32 Å². The topological polar surface area (TPSA) is 78.9 Å². The van der Waals surface area contributed by atoms with Gasteiger partial charge in [-0.1, -0.05) is 18.5 Å². The van der Waals surface area contributed by atoms with Gasteiger partial charge in [-0.25, -0.2) is 0 Å². The molecule has 4 nitrogen and oxygen atoms in total. The van der Waals surface area contributed by atoms with Crippen LogP contribution < -0.4 is 11.1 Å². The molecular weight excluding hydrogens is 226 g/mol. The number of amides is 1. The van der Waals surface area contributed by atoms with Gasteiger partial charge in [0.05, 0.1) is 28.4 Å². The average molecular weight is 238 g/mol. The van der Waals surface area contributed by atoms with Gasteiger partial charge in [0.2, 0.25) is 5.91 Å². The summed E-state index contributed by atoms with van der Waals surface area (Å²) in [5.41, 5.74) is 6.41. The molecule has 1 aromatic rings. The first-order chi connectivity index (χ1) is 7.58. The molecule has 0 aromatic heterocycles. The number of hydrogen-bond donors (Lipinski definition) is 2. The molecule has 0 unspecified atom stereocenters. The predicted octanol–water partition coefficient (Wildman–Crippen LogP) is 1.89. The summed E-state index contributed by atoms with van der Waals surface area (Å²) >= 11 is 5.88. The lowest BCUT2D eigenvalue weighted by molar-refractivity contribution is -0.117. The van der Waals surface area contributed by atoms with E-state index in [1.54, 1.807) is 12.1 Å². The second-order valence-electron chi connectivity index (χ2n) is 3.31. The zero-order chi connectivity index (χ0) is 12.1. The quantitative estimate of drug-likeness (QED) is 0.843. The van der Waals surface area contributed by atoms with Gasteiger partial charge in [0, 0.05) is 0 Å². The van der Waals surface area contributed by atoms with Gasteiger partial charge in [0.1, 0.15) is 0 Å². The normalized spacial score (nSPS) is 11.6. The second-order valence-corrected chi connectivity index (χ2v) is 3.72. The highest BCUT2D eigenvalue weighted by atomic mass is 35.5. The Kier molecular flexibility index (Phi) is 4.29. The van der Waals surface area contributed by atoms with Crippen molar-refractivity contribution in [3.63, 3.8) is 0 Å². The lowest BCUT2D eigenvalue weighted by atomic mass is 10.2. The van der Waals surface area contributed by atoms with Crippen LogP contribution in [0.25, 0.3) is 0 Å². The van der Waals surface area contributed by atoms with Gasteiger partial charge < -0.3 is 11.1 Å². The number of anilines is 1. The number of nitriles is 1. The first-order valence-corrected chi connectivity index (χ1v) is 5.22. The summed E-state index contributed by atoms with van der Waals surface area (Å²) < 4.78 is 0. The van der Waals surface area contributed by atoms with E-state index < -0.39 is 6.04 Å². The van der Waals surface area contributed by atoms with Crippen molar-refractivity contribution in [3.8, 4) is 6.07 Å². The molecule has 1 rings (SSSR count). The highest BCUT2D eigenvalue weighted by Gasteiger charge is 2.12. The number of nitrogens with one attached hydrogen (secondary N) is 1. The summed E-state index contributed by atoms with van der Waals surface area (Å²) in [6, 6.07) is 6.06. The molecule has 1 amide bonds. The summed E-state index contributed by atoms with van der Waals surface area (Å²) in [6.07, 6.45) is 0.543. The van der Waals surface area contributed by atoms with E-state index >= 15 is 0 Å². The van der Waals surface area contributed by atoms with Crippen LogP contribution in [-0.4, -0.2) is 11.9 Å². The summed E-state index contributed by atoms with van der Waals surface area (Å²) in [7, 11) is 0. The molecule has 0 fully saturated rings. The highest BCUT2D eigenvalue weighted by Crippen LogP contribution is 2.22. The number of rotatable bonds is 3. The number of hydrogen-bond acceptors (Lipinski definition) is 3. The molecule has 0 aliphatic rings. The summed E-state index contributed by atoms with van der Waals surface area (Å²) in [4.78, 5) is 11.5. The van der Waals surface area contributed by atoms with Crippen LogP contribution in [0.4, 0.5) is 5.69 Å². The number of nitrogens with zero attached hydrogens (tertiary/aromatic N) is 1. The molecule has 1 aromatic carbocycles. The Balaban J connectivity index is 2.89. The van der Waals surface area contributed by atoms with E-state index in [1.165, 1.54) is 6.07 Å². The molecule has 5 heteroatoms. The maximum atomic E-state index is 11.5. The van der Waals surface area contributed by atoms with Crippen molar-refractivity contribution in [1.82, 2.24) is 0 Å². The molecule has 3 N–H and O–H groups in total. The summed E-state index contributed by atoms with van der Waals surface area (Å²) in [6.45, 7) is 1.82. The highest BCUT2D eigenvalue weighted by molar-refractivity contribution is 6.33. The number of benzene rings is 1. The maximum absolute atomic E-state index is 11.5. The Morgan fingerprint density at radius 3 is 2.94 bits per heavy atom. The fraction of sp³-hybridized carbons (Fsp3) is 0.273. The zero-order valence-corrected chi connectivity index (χ0v) is 9.58. The Labute approximate surface area is 99.0 Å². The second kappa shape index (κ2) is 5.50. The van der Waals surface area contributed by atoms with E-state index in [9.17, 15) is 4.79 Å². The predicted molar refractivity (Wildman–Crippen MR) is 63.1 cm³/mol. The van der Waals surface area contributed by atoms with Crippen LogP contribution in [0, 0.1) is 11.3 Å². The number of carbonyl (C=O) groups is 1. The minimum Gasteiger partial charge on any atom is -0.323 e. The molecule has 0 radical (unpaired) electrons. The van der Waals surface area contributed by atoms with Gasteiger partial charge in [-0.3, -0.25) is 4.79 Å². The smallest absolute Gasteiger partial charge is 0.241 e. The monoisotopic (exact) mass is 237 g/mol. The van der Waals surface area contributed by atoms with Crippen LogP contribution >= 0.6 is 11.6 Å². The van der Waals surface area contributed by atoms with Gasteiger partial charge in [-0.05, 0) is 24.6 Å². The van der Waals surface area contributed by atoms with Gasteiger partial charge in [-0.2, -0.15) is 5.26 Å². The first-order valence-electron chi connectivity index (χ1n) is 4.84. The number of carbonyl (C=O) groups excluding carboxylic acids is 1. The summed E-state index contributed by atoms with van der Waals surface area (Å²) in [5.74, 6) is -0.306. The minimum atomic E-state index is -0.568. The van der Waals surface area contributed by atoms with Crippen molar-refractivity contribution in [2.24, 2.45) is 5.73 Å². The van der Waals surface area contributed by atoms with Crippen LogP contribution in [0.5, 0.6) is 0 Å². The van der Waals surface area contributed by atoms with Crippen molar-refractivity contribution < 1.29 is 4.79 Å². The molecule has 16 heavy (non-hydrogen) atoms. The third-order valence-electron chi connectivity index (χ3n) is 2.13. The van der Waals surface area contributed by atoms with E-state index in [4.69, 9.17) is 22.6 Å². The van der Waals surface area contributed by atoms with E-state index in [0.717, 1.165) is 0 Å². The maximum Gasteiger partial charge on any atom is 0.241 e. The van der Waals surface area contributed by atoms with E-state index in [1.807, 2.05) is 13.0 Å². The Bertz CT molecular complexity index is 439. The van der Waals surface area contributed by atoms with E-state index in [0.29, 0.717) is 22.7 Å². The van der Waals surface area contributed by atoms with Crippen LogP contribution in [0.2, 0.25) is 5.02 Å². The standard InChI is InChI=1S/C11H12ClN3O/c1-2-9(14)11(16)15-10-5-7(6-13)3-4-8(10)12/h3-5,9H,2,14H2,1H3,(H,15,16)/t9-/m1/s1. The fourth-order valence-corrected chi connectivity index (χ4v) is 1.27. The lowest BCUT2D eigenvalue weighted by Crippen LogP contribution is -2.34. The van der Waals surface area contributed by atoms with Crippen LogP contribution in [0.3, 0.4) is 0 Å². The largest absolute Gasteiger partial charge is 0.323 e. The van der Waals surface area contributed by atoms with E-state index in [2.05, 4.69) is 5.32 Å². The van der Waals surface area contributed by atoms with Crippen molar-refractivity contribution >= 4 is 23.2 Å². The third kappa shape index (κ3) is 2.96. The van der Waals surface area contributed by atoms with Crippen molar-refractivity contribution in [1.29, 1.82) is 5.26 Å². The summed E-state index contributed by atoms with van der Waals surface area (Å²) in [5, 5.41) is 11.7. The zero-order valence-electron chi connectivity index (χ0n) is 8.83.